The molecule has 0 fully saturated rings. The fourth-order valence-electron chi connectivity index (χ4n) is 6.29. The lowest BCUT2D eigenvalue weighted by Crippen LogP contribution is -2.32. The van der Waals surface area contributed by atoms with Gasteiger partial charge < -0.3 is 9.47 Å². The highest BCUT2D eigenvalue weighted by Gasteiger charge is 2.40. The number of fused-ring (bicyclic) bond motifs is 4. The summed E-state index contributed by atoms with van der Waals surface area (Å²) in [5.74, 6) is 3.40. The molecule has 0 unspecified atom stereocenters. The molecule has 0 aliphatic carbocycles. The zero-order valence-corrected chi connectivity index (χ0v) is 25.0. The van der Waals surface area contributed by atoms with E-state index < -0.39 is 7.92 Å². The van der Waals surface area contributed by atoms with E-state index in [2.05, 4.69) is 113 Å². The fraction of sp³-hybridized carbons (Fsp3) is 0. The van der Waals surface area contributed by atoms with Crippen molar-refractivity contribution in [3.8, 4) is 67.5 Å². The summed E-state index contributed by atoms with van der Waals surface area (Å²) in [5, 5.41) is 3.44. The number of hydrogen-bond donors (Lipinski definition) is 0. The molecule has 4 heterocycles. The molecular weight excluding hydrogens is 571 g/mol. The van der Waals surface area contributed by atoms with E-state index in [0.717, 1.165) is 72.8 Å². The second kappa shape index (κ2) is 10.6. The fourth-order valence-corrected chi connectivity index (χ4v) is 8.88. The lowest BCUT2D eigenvalue weighted by Gasteiger charge is -2.37. The van der Waals surface area contributed by atoms with E-state index in [1.165, 1.54) is 10.6 Å². The molecule has 2 aliphatic heterocycles. The predicted octanol–water partition coefficient (Wildman–Crippen LogP) is 9.11. The molecule has 4 nitrogen and oxygen atoms in total. The smallest absolute Gasteiger partial charge is 0.147 e. The van der Waals surface area contributed by atoms with Crippen molar-refractivity contribution >= 4 is 23.8 Å². The SMILES string of the molecule is c1ccc(-c2ccc3c(c2)Oc2c(-c4cccnc4)cc(-c4cccnc4)c4c2P3c2ccc(-c3ccccc3)cc2O4)cc1. The number of pyridine rings is 2. The minimum Gasteiger partial charge on any atom is -0.455 e. The third-order valence-electron chi connectivity index (χ3n) is 8.42. The molecule has 5 aromatic carbocycles. The molecule has 2 aliphatic rings. The summed E-state index contributed by atoms with van der Waals surface area (Å²) >= 11 is 0. The second-order valence-electron chi connectivity index (χ2n) is 11.1. The molecule has 0 amide bonds. The molecule has 45 heavy (non-hydrogen) atoms. The Labute approximate surface area is 262 Å². The maximum atomic E-state index is 6.96. The van der Waals surface area contributed by atoms with Crippen LogP contribution >= 0.6 is 7.92 Å². The van der Waals surface area contributed by atoms with Gasteiger partial charge in [0.05, 0.1) is 5.30 Å². The van der Waals surface area contributed by atoms with Crippen LogP contribution in [-0.2, 0) is 0 Å². The van der Waals surface area contributed by atoms with Crippen LogP contribution in [0.4, 0.5) is 0 Å². The summed E-state index contributed by atoms with van der Waals surface area (Å²) in [6, 6.07) is 44.5. The average molecular weight is 597 g/mol. The number of rotatable bonds is 4. The Morgan fingerprint density at radius 3 is 1.33 bits per heavy atom. The molecule has 5 heteroatoms. The van der Waals surface area contributed by atoms with Crippen molar-refractivity contribution in [2.45, 2.75) is 0 Å². The number of nitrogens with zero attached hydrogens (tertiary/aromatic N) is 2. The molecule has 0 atom stereocenters. The normalized spacial score (nSPS) is 12.7. The van der Waals surface area contributed by atoms with Crippen LogP contribution in [0.25, 0.3) is 44.5 Å². The molecule has 0 N–H and O–H groups in total. The van der Waals surface area contributed by atoms with Crippen LogP contribution in [0.1, 0.15) is 0 Å². The monoisotopic (exact) mass is 596 g/mol. The number of aromatic nitrogens is 2. The van der Waals surface area contributed by atoms with Gasteiger partial charge in [-0.1, -0.05) is 84.9 Å². The van der Waals surface area contributed by atoms with E-state index in [1.807, 2.05) is 36.7 Å². The topological polar surface area (TPSA) is 44.2 Å². The van der Waals surface area contributed by atoms with Crippen LogP contribution in [0, 0.1) is 0 Å². The van der Waals surface area contributed by atoms with E-state index in [1.54, 1.807) is 12.4 Å². The van der Waals surface area contributed by atoms with E-state index in [0.29, 0.717) is 0 Å². The first kappa shape index (κ1) is 25.9. The van der Waals surface area contributed by atoms with Crippen molar-refractivity contribution in [3.63, 3.8) is 0 Å². The van der Waals surface area contributed by atoms with Crippen LogP contribution < -0.4 is 25.4 Å². The Morgan fingerprint density at radius 1 is 0.422 bits per heavy atom. The first-order valence-corrected chi connectivity index (χ1v) is 16.2. The van der Waals surface area contributed by atoms with E-state index in [4.69, 9.17) is 9.47 Å². The van der Waals surface area contributed by atoms with E-state index >= 15 is 0 Å². The Hall–Kier alpha value is -5.57. The van der Waals surface area contributed by atoms with Gasteiger partial charge >= 0.3 is 0 Å². The van der Waals surface area contributed by atoms with Crippen molar-refractivity contribution in [2.75, 3.05) is 0 Å². The third kappa shape index (κ3) is 4.34. The molecule has 7 aromatic rings. The molecule has 212 valence electrons. The Morgan fingerprint density at radius 2 is 0.889 bits per heavy atom. The van der Waals surface area contributed by atoms with Gasteiger partial charge in [0.25, 0.3) is 0 Å². The zero-order chi connectivity index (χ0) is 29.7. The summed E-state index contributed by atoms with van der Waals surface area (Å²) < 4.78 is 13.9. The van der Waals surface area contributed by atoms with Crippen LogP contribution in [0.5, 0.6) is 23.0 Å². The van der Waals surface area contributed by atoms with Gasteiger partial charge in [-0.3, -0.25) is 9.97 Å². The molecule has 0 bridgehead atoms. The van der Waals surface area contributed by atoms with Gasteiger partial charge in [-0.2, -0.15) is 0 Å². The number of ether oxygens (including phenoxy) is 2. The second-order valence-corrected chi connectivity index (χ2v) is 13.2. The first-order chi connectivity index (χ1) is 22.3. The van der Waals surface area contributed by atoms with Crippen LogP contribution in [0.3, 0.4) is 0 Å². The maximum absolute atomic E-state index is 6.96. The lowest BCUT2D eigenvalue weighted by atomic mass is 9.98. The largest absolute Gasteiger partial charge is 0.455 e. The van der Waals surface area contributed by atoms with Gasteiger partial charge in [-0.05, 0) is 64.7 Å². The highest BCUT2D eigenvalue weighted by atomic mass is 31.1. The minimum atomic E-state index is -1.02. The standard InChI is InChI=1S/C40H25N2O2P/c1-3-9-26(10-4-1)28-15-17-36-34(21-28)43-38-32(30-13-7-19-41-24-30)23-33(31-14-8-20-42-25-31)39-40(38)45(36)37-18-16-29(22-35(37)44-39)27-11-5-2-6-12-27/h1-25H. The van der Waals surface area contributed by atoms with Crippen LogP contribution in [0.2, 0.25) is 0 Å². The maximum Gasteiger partial charge on any atom is 0.147 e. The molecule has 0 radical (unpaired) electrons. The Kier molecular flexibility index (Phi) is 6.07. The molecular formula is C40H25N2O2P. The zero-order valence-electron chi connectivity index (χ0n) is 24.1. The molecule has 0 saturated heterocycles. The number of hydrogen-bond acceptors (Lipinski definition) is 4. The summed E-state index contributed by atoms with van der Waals surface area (Å²) in [5.41, 5.74) is 8.50. The molecule has 0 spiro atoms. The molecule has 9 rings (SSSR count). The van der Waals surface area contributed by atoms with Crippen LogP contribution in [-0.4, -0.2) is 9.97 Å². The average Bonchev–Trinajstić information content (AvgIpc) is 3.12. The number of benzene rings is 5. The summed E-state index contributed by atoms with van der Waals surface area (Å²) in [6.07, 6.45) is 7.40. The highest BCUT2D eigenvalue weighted by molar-refractivity contribution is 7.80. The van der Waals surface area contributed by atoms with Crippen molar-refractivity contribution < 1.29 is 9.47 Å². The summed E-state index contributed by atoms with van der Waals surface area (Å²) in [7, 11) is -1.02. The van der Waals surface area contributed by atoms with Crippen molar-refractivity contribution in [1.29, 1.82) is 0 Å². The van der Waals surface area contributed by atoms with Gasteiger partial charge in [0.15, 0.2) is 0 Å². The Bertz CT molecular complexity index is 2050. The van der Waals surface area contributed by atoms with Crippen molar-refractivity contribution in [1.82, 2.24) is 9.97 Å². The van der Waals surface area contributed by atoms with Gasteiger partial charge in [-0.25, -0.2) is 0 Å². The van der Waals surface area contributed by atoms with Crippen molar-refractivity contribution in [2.24, 2.45) is 0 Å². The minimum absolute atomic E-state index is 0.826. The van der Waals surface area contributed by atoms with E-state index in [-0.39, 0.29) is 0 Å². The van der Waals surface area contributed by atoms with Gasteiger partial charge in [0, 0.05) is 65.6 Å². The summed E-state index contributed by atoms with van der Waals surface area (Å²) in [4.78, 5) is 8.93. The van der Waals surface area contributed by atoms with Crippen molar-refractivity contribution in [3.05, 3.63) is 152 Å². The Balaban J connectivity index is 1.33. The molecule has 0 saturated carbocycles. The lowest BCUT2D eigenvalue weighted by molar-refractivity contribution is 0.469. The van der Waals surface area contributed by atoms with E-state index in [9.17, 15) is 0 Å². The van der Waals surface area contributed by atoms with Gasteiger partial charge in [0.2, 0.25) is 0 Å². The predicted molar refractivity (Wildman–Crippen MR) is 183 cm³/mol. The summed E-state index contributed by atoms with van der Waals surface area (Å²) in [6.45, 7) is 0. The first-order valence-electron chi connectivity index (χ1n) is 14.9. The molecule has 2 aromatic heterocycles. The van der Waals surface area contributed by atoms with Gasteiger partial charge in [0.1, 0.15) is 23.0 Å². The quantitative estimate of drug-likeness (QED) is 0.190. The third-order valence-corrected chi connectivity index (χ3v) is 11.0. The van der Waals surface area contributed by atoms with Crippen LogP contribution in [0.15, 0.2) is 152 Å². The van der Waals surface area contributed by atoms with Gasteiger partial charge in [-0.15, -0.1) is 0 Å². The highest BCUT2D eigenvalue weighted by Crippen LogP contribution is 2.57.